The van der Waals surface area contributed by atoms with Gasteiger partial charge >= 0.3 is 0 Å². The molecule has 0 bridgehead atoms. The summed E-state index contributed by atoms with van der Waals surface area (Å²) in [7, 11) is 3.60. The van der Waals surface area contributed by atoms with Gasteiger partial charge in [0.25, 0.3) is 0 Å². The summed E-state index contributed by atoms with van der Waals surface area (Å²) < 4.78 is 9.02. The average molecular weight is 393 g/mol. The molecule has 9 heteroatoms. The quantitative estimate of drug-likeness (QED) is 0.465. The van der Waals surface area contributed by atoms with Gasteiger partial charge in [0.15, 0.2) is 16.8 Å². The highest BCUT2D eigenvalue weighted by Crippen LogP contribution is 2.34. The van der Waals surface area contributed by atoms with E-state index in [1.165, 1.54) is 0 Å². The molecule has 0 fully saturated rings. The van der Waals surface area contributed by atoms with Crippen molar-refractivity contribution in [2.45, 2.75) is 17.3 Å². The van der Waals surface area contributed by atoms with Gasteiger partial charge in [0.2, 0.25) is 0 Å². The van der Waals surface area contributed by atoms with Crippen LogP contribution in [0.25, 0.3) is 17.1 Å². The highest BCUT2D eigenvalue weighted by atomic mass is 32.2. The second-order valence-electron chi connectivity index (χ2n) is 6.14. The first-order valence-corrected chi connectivity index (χ1v) is 9.59. The molecule has 4 rings (SSSR count). The molecular weight excluding hydrogens is 374 g/mol. The lowest BCUT2D eigenvalue weighted by Gasteiger charge is -2.11. The molecule has 2 aromatic carbocycles. The van der Waals surface area contributed by atoms with Gasteiger partial charge in [0.05, 0.1) is 18.0 Å². The van der Waals surface area contributed by atoms with Gasteiger partial charge in [-0.3, -0.25) is 0 Å². The second kappa shape index (κ2) is 7.81. The molecule has 2 heterocycles. The van der Waals surface area contributed by atoms with Crippen molar-refractivity contribution in [2.75, 3.05) is 7.11 Å². The van der Waals surface area contributed by atoms with Crippen LogP contribution in [0.1, 0.15) is 18.0 Å². The Balaban J connectivity index is 1.59. The summed E-state index contributed by atoms with van der Waals surface area (Å²) in [6.45, 7) is 2.05. The van der Waals surface area contributed by atoms with Crippen LogP contribution < -0.4 is 4.74 Å². The number of aromatic nitrogens is 7. The lowest BCUT2D eigenvalue weighted by molar-refractivity contribution is 0.415. The molecule has 0 amide bonds. The molecule has 0 aliphatic heterocycles. The van der Waals surface area contributed by atoms with Crippen molar-refractivity contribution in [3.63, 3.8) is 0 Å². The molecule has 0 saturated carbocycles. The predicted molar refractivity (Wildman–Crippen MR) is 106 cm³/mol. The van der Waals surface area contributed by atoms with Crippen molar-refractivity contribution >= 4 is 11.8 Å². The lowest BCUT2D eigenvalue weighted by Crippen LogP contribution is -2.05. The summed E-state index contributed by atoms with van der Waals surface area (Å²) in [5, 5.41) is 21.7. The SMILES string of the molecule is COc1cccc(-c2nnc(SC(C)c3nnnn3-c3ccccc3)n2C)c1. The maximum Gasteiger partial charge on any atom is 0.191 e. The Bertz CT molecular complexity index is 1080. The van der Waals surface area contributed by atoms with Crippen LogP contribution in [0, 0.1) is 0 Å². The van der Waals surface area contributed by atoms with E-state index >= 15 is 0 Å². The number of para-hydroxylation sites is 1. The Labute approximate surface area is 166 Å². The zero-order chi connectivity index (χ0) is 19.5. The Hall–Kier alpha value is -3.20. The smallest absolute Gasteiger partial charge is 0.191 e. The fraction of sp³-hybridized carbons (Fsp3) is 0.211. The van der Waals surface area contributed by atoms with E-state index in [4.69, 9.17) is 4.74 Å². The summed E-state index contributed by atoms with van der Waals surface area (Å²) in [6, 6.07) is 17.6. The summed E-state index contributed by atoms with van der Waals surface area (Å²) in [6.07, 6.45) is 0. The van der Waals surface area contributed by atoms with Crippen LogP contribution in [0.5, 0.6) is 5.75 Å². The van der Waals surface area contributed by atoms with E-state index < -0.39 is 0 Å². The predicted octanol–water partition coefficient (Wildman–Crippen LogP) is 3.32. The number of hydrogen-bond acceptors (Lipinski definition) is 7. The average Bonchev–Trinajstić information content (AvgIpc) is 3.36. The number of benzene rings is 2. The largest absolute Gasteiger partial charge is 0.497 e. The van der Waals surface area contributed by atoms with E-state index in [-0.39, 0.29) is 5.25 Å². The highest BCUT2D eigenvalue weighted by Gasteiger charge is 2.21. The summed E-state index contributed by atoms with van der Waals surface area (Å²) in [4.78, 5) is 0. The third kappa shape index (κ3) is 3.48. The topological polar surface area (TPSA) is 83.5 Å². The minimum absolute atomic E-state index is 0.0173. The lowest BCUT2D eigenvalue weighted by atomic mass is 10.2. The van der Waals surface area contributed by atoms with E-state index in [9.17, 15) is 0 Å². The summed E-state index contributed by atoms with van der Waals surface area (Å²) in [5.41, 5.74) is 1.87. The van der Waals surface area contributed by atoms with E-state index in [1.54, 1.807) is 23.6 Å². The van der Waals surface area contributed by atoms with Crippen LogP contribution >= 0.6 is 11.8 Å². The Kier molecular flexibility index (Phi) is 5.07. The van der Waals surface area contributed by atoms with E-state index in [0.717, 1.165) is 33.8 Å². The summed E-state index contributed by atoms with van der Waals surface area (Å²) >= 11 is 1.56. The van der Waals surface area contributed by atoms with Crippen LogP contribution in [-0.4, -0.2) is 42.1 Å². The van der Waals surface area contributed by atoms with Crippen LogP contribution in [0.2, 0.25) is 0 Å². The molecule has 1 unspecified atom stereocenters. The number of nitrogens with zero attached hydrogens (tertiary/aromatic N) is 7. The Morgan fingerprint density at radius 1 is 1.00 bits per heavy atom. The third-order valence-corrected chi connectivity index (χ3v) is 5.43. The van der Waals surface area contributed by atoms with Crippen molar-refractivity contribution in [1.82, 2.24) is 35.0 Å². The van der Waals surface area contributed by atoms with E-state index in [1.807, 2.05) is 66.2 Å². The standard InChI is InChI=1S/C19H19N7OS/c1-13(17-21-23-24-26(17)15-9-5-4-6-10-15)28-19-22-20-18(25(19)2)14-8-7-11-16(12-14)27-3/h4-13H,1-3H3. The molecule has 0 N–H and O–H groups in total. The molecule has 0 saturated heterocycles. The van der Waals surface area contributed by atoms with Gasteiger partial charge in [0, 0.05) is 12.6 Å². The minimum Gasteiger partial charge on any atom is -0.497 e. The van der Waals surface area contributed by atoms with Gasteiger partial charge in [-0.2, -0.15) is 4.68 Å². The maximum atomic E-state index is 5.30. The van der Waals surface area contributed by atoms with Gasteiger partial charge in [-0.15, -0.1) is 15.3 Å². The first kappa shape index (κ1) is 18.2. The molecule has 8 nitrogen and oxygen atoms in total. The highest BCUT2D eigenvalue weighted by molar-refractivity contribution is 7.99. The first-order valence-electron chi connectivity index (χ1n) is 8.71. The minimum atomic E-state index is -0.0173. The third-order valence-electron chi connectivity index (χ3n) is 4.30. The second-order valence-corrected chi connectivity index (χ2v) is 7.45. The van der Waals surface area contributed by atoms with Gasteiger partial charge in [0.1, 0.15) is 5.75 Å². The number of rotatable bonds is 6. The number of tetrazole rings is 1. The molecule has 0 aliphatic carbocycles. The number of methoxy groups -OCH3 is 1. The van der Waals surface area contributed by atoms with Gasteiger partial charge in [-0.1, -0.05) is 42.1 Å². The zero-order valence-electron chi connectivity index (χ0n) is 15.7. The van der Waals surface area contributed by atoms with Crippen LogP contribution in [0.4, 0.5) is 0 Å². The Morgan fingerprint density at radius 2 is 1.82 bits per heavy atom. The Morgan fingerprint density at radius 3 is 2.61 bits per heavy atom. The van der Waals surface area contributed by atoms with E-state index in [0.29, 0.717) is 0 Å². The molecule has 0 radical (unpaired) electrons. The fourth-order valence-corrected chi connectivity index (χ4v) is 3.74. The molecule has 0 spiro atoms. The van der Waals surface area contributed by atoms with Crippen molar-refractivity contribution in [3.8, 4) is 22.8 Å². The van der Waals surface area contributed by atoms with Gasteiger partial charge in [-0.25, -0.2) is 0 Å². The van der Waals surface area contributed by atoms with E-state index in [2.05, 4.69) is 32.6 Å². The van der Waals surface area contributed by atoms with Crippen LogP contribution in [0.3, 0.4) is 0 Å². The van der Waals surface area contributed by atoms with Crippen molar-refractivity contribution in [2.24, 2.45) is 7.05 Å². The van der Waals surface area contributed by atoms with Crippen LogP contribution in [0.15, 0.2) is 59.8 Å². The maximum absolute atomic E-state index is 5.30. The number of thioether (sulfide) groups is 1. The van der Waals surface area contributed by atoms with Crippen molar-refractivity contribution in [1.29, 1.82) is 0 Å². The molecule has 0 aliphatic rings. The van der Waals surface area contributed by atoms with Crippen LogP contribution in [-0.2, 0) is 7.05 Å². The molecule has 28 heavy (non-hydrogen) atoms. The zero-order valence-corrected chi connectivity index (χ0v) is 16.5. The normalized spacial score (nSPS) is 12.1. The first-order chi connectivity index (χ1) is 13.7. The molecule has 142 valence electrons. The molecule has 2 aromatic heterocycles. The van der Waals surface area contributed by atoms with Crippen molar-refractivity contribution in [3.05, 3.63) is 60.4 Å². The molecular formula is C19H19N7OS. The number of hydrogen-bond donors (Lipinski definition) is 0. The van der Waals surface area contributed by atoms with Crippen molar-refractivity contribution < 1.29 is 4.74 Å². The fourth-order valence-electron chi connectivity index (χ4n) is 2.84. The summed E-state index contributed by atoms with van der Waals surface area (Å²) in [5.74, 6) is 2.31. The molecule has 1 atom stereocenters. The van der Waals surface area contributed by atoms with Gasteiger partial charge in [-0.05, 0) is 41.6 Å². The molecule has 4 aromatic rings. The van der Waals surface area contributed by atoms with Gasteiger partial charge < -0.3 is 9.30 Å². The monoisotopic (exact) mass is 393 g/mol. The number of ether oxygens (including phenoxy) is 1.